The molecule has 1 aromatic rings. The summed E-state index contributed by atoms with van der Waals surface area (Å²) in [6.45, 7) is 5.60. The van der Waals surface area contributed by atoms with E-state index in [4.69, 9.17) is 0 Å². The molecule has 0 spiro atoms. The molecule has 2 heterocycles. The largest absolute Gasteiger partial charge is 0.336 e. The zero-order valence-electron chi connectivity index (χ0n) is 11.3. The van der Waals surface area contributed by atoms with Crippen LogP contribution in [0.3, 0.4) is 0 Å². The van der Waals surface area contributed by atoms with Gasteiger partial charge in [0.05, 0.1) is 11.8 Å². The zero-order valence-corrected chi connectivity index (χ0v) is 13.0. The van der Waals surface area contributed by atoms with Gasteiger partial charge in [-0.05, 0) is 19.9 Å². The first-order valence-corrected chi connectivity index (χ1v) is 8.77. The van der Waals surface area contributed by atoms with Gasteiger partial charge in [0.25, 0.3) is 5.91 Å². The Morgan fingerprint density at radius 3 is 2.21 bits per heavy atom. The van der Waals surface area contributed by atoms with E-state index < -0.39 is 10.0 Å². The van der Waals surface area contributed by atoms with Crippen LogP contribution in [0, 0.1) is 13.8 Å². The third-order valence-corrected chi connectivity index (χ3v) is 5.54. The smallest absolute Gasteiger partial charge is 0.255 e. The molecule has 19 heavy (non-hydrogen) atoms. The average molecular weight is 302 g/mol. The molecule has 0 N–H and O–H groups in total. The Kier molecular flexibility index (Phi) is 3.98. The third-order valence-electron chi connectivity index (χ3n) is 3.27. The van der Waals surface area contributed by atoms with Crippen molar-refractivity contribution in [3.8, 4) is 0 Å². The number of nitrogens with zero attached hydrogens (tertiary/aromatic N) is 2. The van der Waals surface area contributed by atoms with Crippen LogP contribution in [-0.4, -0.2) is 56.0 Å². The first kappa shape index (κ1) is 14.5. The molecule has 1 aliphatic heterocycles. The summed E-state index contributed by atoms with van der Waals surface area (Å²) >= 11 is 1.61. The standard InChI is InChI=1S/C12H18N2O3S2/c1-9-8-11(10(2)18-9)12(15)13-4-6-14(7-5-13)19(3,16)17/h8H,4-7H2,1-3H3. The molecule has 0 unspecified atom stereocenters. The van der Waals surface area contributed by atoms with E-state index in [9.17, 15) is 13.2 Å². The fourth-order valence-electron chi connectivity index (χ4n) is 2.24. The molecular weight excluding hydrogens is 284 g/mol. The molecule has 0 aromatic carbocycles. The molecule has 0 atom stereocenters. The van der Waals surface area contributed by atoms with E-state index in [0.29, 0.717) is 26.2 Å². The molecule has 7 heteroatoms. The number of aryl methyl sites for hydroxylation is 2. The summed E-state index contributed by atoms with van der Waals surface area (Å²) in [4.78, 5) is 16.2. The first-order chi connectivity index (χ1) is 8.79. The molecule has 0 saturated carbocycles. The summed E-state index contributed by atoms with van der Waals surface area (Å²) in [6.07, 6.45) is 1.21. The van der Waals surface area contributed by atoms with Gasteiger partial charge in [-0.3, -0.25) is 4.79 Å². The molecule has 1 aromatic heterocycles. The minimum absolute atomic E-state index is 0.00926. The third kappa shape index (κ3) is 3.16. The van der Waals surface area contributed by atoms with Crippen LogP contribution in [-0.2, 0) is 10.0 Å². The Hall–Kier alpha value is -0.920. The Labute approximate surface area is 117 Å². The lowest BCUT2D eigenvalue weighted by molar-refractivity contribution is 0.0698. The summed E-state index contributed by atoms with van der Waals surface area (Å²) in [5.41, 5.74) is 0.746. The minimum Gasteiger partial charge on any atom is -0.336 e. The summed E-state index contributed by atoms with van der Waals surface area (Å²) < 4.78 is 24.2. The monoisotopic (exact) mass is 302 g/mol. The molecule has 0 radical (unpaired) electrons. The molecule has 5 nitrogen and oxygen atoms in total. The minimum atomic E-state index is -3.15. The maximum atomic E-state index is 12.4. The van der Waals surface area contributed by atoms with Gasteiger partial charge in [0, 0.05) is 35.9 Å². The van der Waals surface area contributed by atoms with Crippen molar-refractivity contribution in [2.24, 2.45) is 0 Å². The van der Waals surface area contributed by atoms with Gasteiger partial charge in [-0.25, -0.2) is 8.42 Å². The molecule has 0 bridgehead atoms. The van der Waals surface area contributed by atoms with Crippen LogP contribution in [0.2, 0.25) is 0 Å². The number of thiophene rings is 1. The number of hydrogen-bond acceptors (Lipinski definition) is 4. The maximum Gasteiger partial charge on any atom is 0.255 e. The van der Waals surface area contributed by atoms with E-state index in [2.05, 4.69) is 0 Å². The summed E-state index contributed by atoms with van der Waals surface area (Å²) in [5.74, 6) is 0.00926. The number of carbonyl (C=O) groups is 1. The van der Waals surface area contributed by atoms with Gasteiger partial charge in [0.2, 0.25) is 10.0 Å². The van der Waals surface area contributed by atoms with Crippen molar-refractivity contribution < 1.29 is 13.2 Å². The van der Waals surface area contributed by atoms with Crippen molar-refractivity contribution in [2.45, 2.75) is 13.8 Å². The van der Waals surface area contributed by atoms with Gasteiger partial charge in [-0.1, -0.05) is 0 Å². The molecule has 1 fully saturated rings. The van der Waals surface area contributed by atoms with Gasteiger partial charge in [0.15, 0.2) is 0 Å². The predicted octanol–water partition coefficient (Wildman–Crippen LogP) is 1.08. The average Bonchev–Trinajstić information content (AvgIpc) is 2.66. The topological polar surface area (TPSA) is 57.7 Å². The SMILES string of the molecule is Cc1cc(C(=O)N2CCN(S(C)(=O)=O)CC2)c(C)s1. The van der Waals surface area contributed by atoms with E-state index in [1.807, 2.05) is 19.9 Å². The van der Waals surface area contributed by atoms with Crippen LogP contribution in [0.4, 0.5) is 0 Å². The molecule has 1 aliphatic rings. The van der Waals surface area contributed by atoms with E-state index >= 15 is 0 Å². The molecule has 106 valence electrons. The predicted molar refractivity (Wildman–Crippen MR) is 76.1 cm³/mol. The molecule has 2 rings (SSSR count). The van der Waals surface area contributed by atoms with Crippen molar-refractivity contribution in [2.75, 3.05) is 32.4 Å². The van der Waals surface area contributed by atoms with Crippen LogP contribution in [0.1, 0.15) is 20.1 Å². The highest BCUT2D eigenvalue weighted by atomic mass is 32.2. The summed E-state index contributed by atoms with van der Waals surface area (Å²) in [7, 11) is -3.15. The number of piperazine rings is 1. The quantitative estimate of drug-likeness (QED) is 0.821. The van der Waals surface area contributed by atoms with Gasteiger partial charge < -0.3 is 4.90 Å². The molecular formula is C12H18N2O3S2. The fraction of sp³-hybridized carbons (Fsp3) is 0.583. The van der Waals surface area contributed by atoms with Crippen LogP contribution in [0.25, 0.3) is 0 Å². The lowest BCUT2D eigenvalue weighted by Gasteiger charge is -2.33. The van der Waals surface area contributed by atoms with Crippen molar-refractivity contribution in [1.29, 1.82) is 0 Å². The zero-order chi connectivity index (χ0) is 14.2. The van der Waals surface area contributed by atoms with Gasteiger partial charge in [-0.2, -0.15) is 4.31 Å². The highest BCUT2D eigenvalue weighted by molar-refractivity contribution is 7.88. The Morgan fingerprint density at radius 1 is 1.21 bits per heavy atom. The number of sulfonamides is 1. The van der Waals surface area contributed by atoms with Gasteiger partial charge in [-0.15, -0.1) is 11.3 Å². The number of amides is 1. The van der Waals surface area contributed by atoms with Crippen LogP contribution in [0.15, 0.2) is 6.07 Å². The number of carbonyl (C=O) groups excluding carboxylic acids is 1. The highest BCUT2D eigenvalue weighted by Gasteiger charge is 2.27. The van der Waals surface area contributed by atoms with Crippen LogP contribution >= 0.6 is 11.3 Å². The van der Waals surface area contributed by atoms with Crippen molar-refractivity contribution >= 4 is 27.3 Å². The molecule has 1 saturated heterocycles. The highest BCUT2D eigenvalue weighted by Crippen LogP contribution is 2.22. The first-order valence-electron chi connectivity index (χ1n) is 6.10. The Bertz CT molecular complexity index is 584. The van der Waals surface area contributed by atoms with Crippen molar-refractivity contribution in [3.05, 3.63) is 21.4 Å². The molecule has 1 amide bonds. The van der Waals surface area contributed by atoms with Gasteiger partial charge >= 0.3 is 0 Å². The second kappa shape index (κ2) is 5.22. The number of rotatable bonds is 2. The summed E-state index contributed by atoms with van der Waals surface area (Å²) in [6, 6.07) is 1.91. The van der Waals surface area contributed by atoms with Crippen LogP contribution < -0.4 is 0 Å². The van der Waals surface area contributed by atoms with Gasteiger partial charge in [0.1, 0.15) is 0 Å². The van der Waals surface area contributed by atoms with E-state index in [1.165, 1.54) is 10.6 Å². The normalized spacial score (nSPS) is 17.7. The maximum absolute atomic E-state index is 12.4. The number of hydrogen-bond donors (Lipinski definition) is 0. The Balaban J connectivity index is 2.06. The molecule has 0 aliphatic carbocycles. The van der Waals surface area contributed by atoms with Crippen molar-refractivity contribution in [3.63, 3.8) is 0 Å². The Morgan fingerprint density at radius 2 is 1.79 bits per heavy atom. The second-order valence-corrected chi connectivity index (χ2v) is 8.22. The lowest BCUT2D eigenvalue weighted by atomic mass is 10.2. The van der Waals surface area contributed by atoms with E-state index in [0.717, 1.165) is 15.3 Å². The van der Waals surface area contributed by atoms with E-state index in [1.54, 1.807) is 16.2 Å². The van der Waals surface area contributed by atoms with E-state index in [-0.39, 0.29) is 5.91 Å². The lowest BCUT2D eigenvalue weighted by Crippen LogP contribution is -2.50. The fourth-order valence-corrected chi connectivity index (χ4v) is 3.98. The van der Waals surface area contributed by atoms with Crippen LogP contribution in [0.5, 0.6) is 0 Å². The summed E-state index contributed by atoms with van der Waals surface area (Å²) in [5, 5.41) is 0. The second-order valence-electron chi connectivity index (χ2n) is 4.78. The van der Waals surface area contributed by atoms with Crippen molar-refractivity contribution in [1.82, 2.24) is 9.21 Å².